The van der Waals surface area contributed by atoms with E-state index in [-0.39, 0.29) is 24.3 Å². The molecule has 1 rings (SSSR count). The van der Waals surface area contributed by atoms with Crippen LogP contribution in [0.4, 0.5) is 10.1 Å². The molecule has 0 aliphatic heterocycles. The second-order valence-corrected chi connectivity index (χ2v) is 5.44. The third-order valence-corrected chi connectivity index (χ3v) is 4.24. The summed E-state index contributed by atoms with van der Waals surface area (Å²) in [5, 5.41) is 7.31. The number of hydrogen-bond acceptors (Lipinski definition) is 3. The molecule has 0 fully saturated rings. The first-order chi connectivity index (χ1) is 8.83. The number of anilines is 1. The van der Waals surface area contributed by atoms with E-state index in [4.69, 9.17) is 11.1 Å². The summed E-state index contributed by atoms with van der Waals surface area (Å²) >= 11 is 0. The van der Waals surface area contributed by atoms with Gasteiger partial charge >= 0.3 is 10.2 Å². The molecule has 0 radical (unpaired) electrons. The van der Waals surface area contributed by atoms with Gasteiger partial charge in [-0.3, -0.25) is 10.1 Å². The average molecular weight is 288 g/mol. The van der Waals surface area contributed by atoms with Crippen LogP contribution in [0.15, 0.2) is 18.2 Å². The highest BCUT2D eigenvalue weighted by molar-refractivity contribution is 7.90. The first-order valence-electron chi connectivity index (χ1n) is 5.74. The normalized spacial score (nSPS) is 11.6. The Morgan fingerprint density at radius 3 is 2.47 bits per heavy atom. The Bertz CT molecular complexity index is 570. The molecule has 0 aliphatic rings. The number of rotatable bonds is 6. The molecule has 6 nitrogen and oxygen atoms in total. The molecule has 0 saturated heterocycles. The van der Waals surface area contributed by atoms with Crippen LogP contribution in [-0.4, -0.2) is 31.6 Å². The van der Waals surface area contributed by atoms with Crippen molar-refractivity contribution in [2.45, 2.75) is 13.8 Å². The second kappa shape index (κ2) is 5.98. The van der Waals surface area contributed by atoms with Crippen LogP contribution < -0.4 is 10.5 Å². The highest BCUT2D eigenvalue weighted by Gasteiger charge is 2.21. The van der Waals surface area contributed by atoms with Crippen LogP contribution in [0.3, 0.4) is 0 Å². The van der Waals surface area contributed by atoms with Gasteiger partial charge in [-0.2, -0.15) is 12.7 Å². The zero-order chi connectivity index (χ0) is 14.6. The van der Waals surface area contributed by atoms with Crippen LogP contribution in [0, 0.1) is 11.2 Å². The lowest BCUT2D eigenvalue weighted by Gasteiger charge is -2.20. The largest absolute Gasteiger partial charge is 0.384 e. The van der Waals surface area contributed by atoms with Gasteiger partial charge in [0, 0.05) is 13.1 Å². The van der Waals surface area contributed by atoms with E-state index < -0.39 is 21.9 Å². The van der Waals surface area contributed by atoms with E-state index in [1.165, 1.54) is 16.4 Å². The Labute approximate surface area is 112 Å². The Morgan fingerprint density at radius 1 is 1.42 bits per heavy atom. The molecule has 0 saturated carbocycles. The SMILES string of the molecule is CCN(CC)S(=O)(=O)Nc1cccc(F)c1C(=N)N. The van der Waals surface area contributed by atoms with E-state index in [2.05, 4.69) is 4.72 Å². The van der Waals surface area contributed by atoms with Crippen LogP contribution in [0.1, 0.15) is 19.4 Å². The zero-order valence-electron chi connectivity index (χ0n) is 10.8. The first-order valence-corrected chi connectivity index (χ1v) is 7.18. The molecule has 0 bridgehead atoms. The second-order valence-electron chi connectivity index (χ2n) is 3.77. The Balaban J connectivity index is 3.20. The number of nitrogen functional groups attached to an aromatic ring is 1. The fourth-order valence-corrected chi connectivity index (χ4v) is 2.91. The number of halogens is 1. The summed E-state index contributed by atoms with van der Waals surface area (Å²) in [6, 6.07) is 3.83. The number of nitrogens with one attached hydrogen (secondary N) is 2. The van der Waals surface area contributed by atoms with Crippen LogP contribution in [0.25, 0.3) is 0 Å². The van der Waals surface area contributed by atoms with Crippen LogP contribution in [0.2, 0.25) is 0 Å². The topological polar surface area (TPSA) is 99.3 Å². The van der Waals surface area contributed by atoms with Gasteiger partial charge in [-0.25, -0.2) is 4.39 Å². The van der Waals surface area contributed by atoms with Crippen molar-refractivity contribution >= 4 is 21.7 Å². The van der Waals surface area contributed by atoms with Gasteiger partial charge in [0.15, 0.2) is 0 Å². The molecule has 4 N–H and O–H groups in total. The van der Waals surface area contributed by atoms with E-state index in [0.717, 1.165) is 6.07 Å². The van der Waals surface area contributed by atoms with Gasteiger partial charge in [-0.15, -0.1) is 0 Å². The monoisotopic (exact) mass is 288 g/mol. The molecule has 1 aromatic carbocycles. The zero-order valence-corrected chi connectivity index (χ0v) is 11.6. The van der Waals surface area contributed by atoms with Crippen LogP contribution >= 0.6 is 0 Å². The fourth-order valence-electron chi connectivity index (χ4n) is 1.65. The summed E-state index contributed by atoms with van der Waals surface area (Å²) in [6.07, 6.45) is 0. The van der Waals surface area contributed by atoms with Crippen molar-refractivity contribution in [3.8, 4) is 0 Å². The lowest BCUT2D eigenvalue weighted by atomic mass is 10.1. The lowest BCUT2D eigenvalue weighted by molar-refractivity contribution is 0.449. The maximum Gasteiger partial charge on any atom is 0.301 e. The quantitative estimate of drug-likeness (QED) is 0.540. The number of amidine groups is 1. The summed E-state index contributed by atoms with van der Waals surface area (Å²) < 4.78 is 41.1. The molecule has 0 heterocycles. The summed E-state index contributed by atoms with van der Waals surface area (Å²) in [7, 11) is -3.78. The van der Waals surface area contributed by atoms with E-state index in [9.17, 15) is 12.8 Å². The molecular weight excluding hydrogens is 271 g/mol. The third-order valence-electron chi connectivity index (χ3n) is 2.57. The highest BCUT2D eigenvalue weighted by Crippen LogP contribution is 2.20. The Hall–Kier alpha value is -1.67. The maximum absolute atomic E-state index is 13.6. The minimum absolute atomic E-state index is 0.0422. The Morgan fingerprint density at radius 2 is 2.00 bits per heavy atom. The number of nitrogens with zero attached hydrogens (tertiary/aromatic N) is 1. The van der Waals surface area contributed by atoms with Crippen LogP contribution in [0.5, 0.6) is 0 Å². The fraction of sp³-hybridized carbons (Fsp3) is 0.364. The molecule has 106 valence electrons. The van der Waals surface area contributed by atoms with Gasteiger partial charge in [-0.05, 0) is 12.1 Å². The van der Waals surface area contributed by atoms with E-state index >= 15 is 0 Å². The van der Waals surface area contributed by atoms with Gasteiger partial charge < -0.3 is 5.73 Å². The molecule has 0 aliphatic carbocycles. The smallest absolute Gasteiger partial charge is 0.301 e. The standard InChI is InChI=1S/C11H17FN4O2S/c1-3-16(4-2)19(17,18)15-9-7-5-6-8(12)10(9)11(13)14/h5-7,15H,3-4H2,1-2H3,(H3,13,14). The van der Waals surface area contributed by atoms with Gasteiger partial charge in [0.2, 0.25) is 0 Å². The predicted molar refractivity (Wildman–Crippen MR) is 72.9 cm³/mol. The summed E-state index contributed by atoms with van der Waals surface area (Å²) in [5.74, 6) is -1.28. The van der Waals surface area contributed by atoms with Gasteiger partial charge in [0.1, 0.15) is 11.7 Å². The van der Waals surface area contributed by atoms with Crippen molar-refractivity contribution in [2.75, 3.05) is 17.8 Å². The Kier molecular flexibility index (Phi) is 4.84. The van der Waals surface area contributed by atoms with Gasteiger partial charge in [0.25, 0.3) is 0 Å². The lowest BCUT2D eigenvalue weighted by Crippen LogP contribution is -2.36. The van der Waals surface area contributed by atoms with Crippen molar-refractivity contribution in [2.24, 2.45) is 5.73 Å². The molecule has 19 heavy (non-hydrogen) atoms. The maximum atomic E-state index is 13.6. The summed E-state index contributed by atoms with van der Waals surface area (Å²) in [5.41, 5.74) is 4.98. The predicted octanol–water partition coefficient (Wildman–Crippen LogP) is 1.11. The summed E-state index contributed by atoms with van der Waals surface area (Å²) in [6.45, 7) is 3.97. The molecule has 1 aromatic rings. The molecule has 0 aromatic heterocycles. The van der Waals surface area contributed by atoms with E-state index in [1.807, 2.05) is 0 Å². The minimum atomic E-state index is -3.78. The van der Waals surface area contributed by atoms with Crippen molar-refractivity contribution in [3.05, 3.63) is 29.6 Å². The summed E-state index contributed by atoms with van der Waals surface area (Å²) in [4.78, 5) is 0. The van der Waals surface area contributed by atoms with E-state index in [0.29, 0.717) is 0 Å². The first kappa shape index (κ1) is 15.4. The number of benzene rings is 1. The van der Waals surface area contributed by atoms with Crippen molar-refractivity contribution < 1.29 is 12.8 Å². The third kappa shape index (κ3) is 3.42. The number of hydrogen-bond donors (Lipinski definition) is 3. The molecular formula is C11H17FN4O2S. The molecule has 0 atom stereocenters. The molecule has 0 spiro atoms. The van der Waals surface area contributed by atoms with Crippen molar-refractivity contribution in [1.29, 1.82) is 5.41 Å². The highest BCUT2D eigenvalue weighted by atomic mass is 32.2. The minimum Gasteiger partial charge on any atom is -0.384 e. The van der Waals surface area contributed by atoms with Crippen molar-refractivity contribution in [1.82, 2.24) is 4.31 Å². The van der Waals surface area contributed by atoms with Gasteiger partial charge in [-0.1, -0.05) is 19.9 Å². The van der Waals surface area contributed by atoms with Crippen LogP contribution in [-0.2, 0) is 10.2 Å². The molecule has 0 amide bonds. The molecule has 8 heteroatoms. The van der Waals surface area contributed by atoms with E-state index in [1.54, 1.807) is 13.8 Å². The molecule has 0 unspecified atom stereocenters. The van der Waals surface area contributed by atoms with Crippen molar-refractivity contribution in [3.63, 3.8) is 0 Å². The van der Waals surface area contributed by atoms with Gasteiger partial charge in [0.05, 0.1) is 11.3 Å². The number of nitrogens with two attached hydrogens (primary N) is 1. The average Bonchev–Trinajstić information content (AvgIpc) is 2.28.